The van der Waals surface area contributed by atoms with Gasteiger partial charge in [0.15, 0.2) is 11.7 Å². The first-order valence-electron chi connectivity index (χ1n) is 3.82. The lowest BCUT2D eigenvalue weighted by Gasteiger charge is -2.13. The van der Waals surface area contributed by atoms with Crippen molar-refractivity contribution < 1.29 is 5.11 Å². The Morgan fingerprint density at radius 1 is 1.69 bits per heavy atom. The Hall–Kier alpha value is -1.62. The molecule has 68 valence electrons. The normalized spacial score (nSPS) is 19.7. The van der Waals surface area contributed by atoms with Gasteiger partial charge in [0.1, 0.15) is 0 Å². The van der Waals surface area contributed by atoms with E-state index in [1.54, 1.807) is 7.05 Å². The van der Waals surface area contributed by atoms with Crippen LogP contribution in [0.5, 0.6) is 0 Å². The summed E-state index contributed by atoms with van der Waals surface area (Å²) in [7, 11) is 1.57. The predicted molar refractivity (Wildman–Crippen MR) is 46.4 cm³/mol. The highest BCUT2D eigenvalue weighted by Gasteiger charge is 2.13. The number of hydrogen-bond acceptors (Lipinski definition) is 3. The van der Waals surface area contributed by atoms with Gasteiger partial charge < -0.3 is 5.11 Å². The third-order valence-electron chi connectivity index (χ3n) is 2.07. The van der Waals surface area contributed by atoms with Gasteiger partial charge in [0.05, 0.1) is 5.22 Å². The van der Waals surface area contributed by atoms with Crippen LogP contribution in [0.1, 0.15) is 6.23 Å². The van der Waals surface area contributed by atoms with Crippen molar-refractivity contribution in [2.45, 2.75) is 6.23 Å². The molecule has 0 aliphatic carbocycles. The lowest BCUT2D eigenvalue weighted by molar-refractivity contribution is 0.118. The molecule has 13 heavy (non-hydrogen) atoms. The number of aliphatic hydroxyl groups excluding tert-OH is 1. The van der Waals surface area contributed by atoms with Crippen molar-refractivity contribution in [2.24, 2.45) is 12.0 Å². The smallest absolute Gasteiger partial charge is 0.275 e. The summed E-state index contributed by atoms with van der Waals surface area (Å²) < 4.78 is 2.69. The number of fused-ring (bicyclic) bond motifs is 1. The first-order chi connectivity index (χ1) is 6.13. The topological polar surface area (TPSA) is 59.5 Å². The number of aliphatic hydroxyl groups is 1. The molecule has 1 aliphatic heterocycles. The minimum absolute atomic E-state index is 0.235. The van der Waals surface area contributed by atoms with Crippen molar-refractivity contribution in [1.82, 2.24) is 9.36 Å². The Balaban J connectivity index is 3.01. The zero-order valence-electron chi connectivity index (χ0n) is 7.14. The van der Waals surface area contributed by atoms with E-state index in [9.17, 15) is 9.90 Å². The molecule has 1 atom stereocenters. The second kappa shape index (κ2) is 2.43. The van der Waals surface area contributed by atoms with Crippen LogP contribution in [0.4, 0.5) is 0 Å². The van der Waals surface area contributed by atoms with Gasteiger partial charge in [-0.2, -0.15) is 0 Å². The first-order valence-corrected chi connectivity index (χ1v) is 3.82. The predicted octanol–water partition coefficient (Wildman–Crippen LogP) is -1.77. The maximum atomic E-state index is 11.4. The molecule has 0 radical (unpaired) electrons. The Labute approximate surface area is 73.5 Å². The Morgan fingerprint density at radius 3 is 3.00 bits per heavy atom. The molecule has 0 bridgehead atoms. The summed E-state index contributed by atoms with van der Waals surface area (Å²) in [5.41, 5.74) is 0.184. The molecule has 5 nitrogen and oxygen atoms in total. The van der Waals surface area contributed by atoms with E-state index in [-0.39, 0.29) is 5.56 Å². The molecular weight excluding hydrogens is 170 g/mol. The van der Waals surface area contributed by atoms with Crippen molar-refractivity contribution in [3.8, 4) is 0 Å². The molecule has 5 heteroatoms. The van der Waals surface area contributed by atoms with Crippen molar-refractivity contribution in [2.75, 3.05) is 0 Å². The minimum Gasteiger partial charge on any atom is -0.368 e. The lowest BCUT2D eigenvalue weighted by atomic mass is 10.4. The summed E-state index contributed by atoms with van der Waals surface area (Å²) >= 11 is 0. The third kappa shape index (κ3) is 0.905. The van der Waals surface area contributed by atoms with Crippen LogP contribution in [0.3, 0.4) is 0 Å². The van der Waals surface area contributed by atoms with Crippen molar-refractivity contribution in [3.63, 3.8) is 0 Å². The van der Waals surface area contributed by atoms with Gasteiger partial charge in [-0.3, -0.25) is 4.79 Å². The molecular formula is C8H9N3O2. The molecule has 0 saturated carbocycles. The first kappa shape index (κ1) is 8.00. The van der Waals surface area contributed by atoms with Gasteiger partial charge in [0.2, 0.25) is 0 Å². The highest BCUT2D eigenvalue weighted by Crippen LogP contribution is 2.00. The summed E-state index contributed by atoms with van der Waals surface area (Å²) in [6.45, 7) is 3.60. The van der Waals surface area contributed by atoms with Crippen LogP contribution >= 0.6 is 0 Å². The van der Waals surface area contributed by atoms with Crippen molar-refractivity contribution >= 4 is 6.58 Å². The molecule has 0 saturated heterocycles. The molecule has 0 spiro atoms. The van der Waals surface area contributed by atoms with Gasteiger partial charge in [0, 0.05) is 13.2 Å². The van der Waals surface area contributed by atoms with Gasteiger partial charge >= 0.3 is 0 Å². The van der Waals surface area contributed by atoms with Crippen LogP contribution in [-0.4, -0.2) is 14.5 Å². The molecule has 1 N–H and O–H groups in total. The highest BCUT2D eigenvalue weighted by atomic mass is 16.3. The summed E-state index contributed by atoms with van der Waals surface area (Å²) in [5.74, 6) is 0. The van der Waals surface area contributed by atoms with E-state index in [0.29, 0.717) is 10.7 Å². The molecule has 0 amide bonds. The maximum Gasteiger partial charge on any atom is 0.275 e. The zero-order valence-corrected chi connectivity index (χ0v) is 7.14. The molecule has 1 aromatic heterocycles. The van der Waals surface area contributed by atoms with Crippen molar-refractivity contribution in [3.05, 3.63) is 33.3 Å². The Bertz CT molecular complexity index is 535. The van der Waals surface area contributed by atoms with Gasteiger partial charge in [-0.1, -0.05) is 6.58 Å². The van der Waals surface area contributed by atoms with E-state index in [4.69, 9.17) is 0 Å². The number of hydrogen-bond donors (Lipinski definition) is 1. The van der Waals surface area contributed by atoms with Gasteiger partial charge in [0.25, 0.3) is 5.56 Å². The Morgan fingerprint density at radius 2 is 2.38 bits per heavy atom. The number of rotatable bonds is 0. The van der Waals surface area contributed by atoms with Crippen LogP contribution in [0, 0.1) is 0 Å². The average molecular weight is 179 g/mol. The molecule has 1 aliphatic rings. The molecule has 2 heterocycles. The maximum absolute atomic E-state index is 11.4. The SMILES string of the molecule is C=c1c(=O)n(C)n2c1=NC=CC2O. The Kier molecular flexibility index (Phi) is 1.50. The molecule has 1 aromatic rings. The number of nitrogens with zero attached hydrogens (tertiary/aromatic N) is 3. The fourth-order valence-corrected chi connectivity index (χ4v) is 1.38. The second-order valence-corrected chi connectivity index (χ2v) is 2.86. The largest absolute Gasteiger partial charge is 0.368 e. The zero-order chi connectivity index (χ0) is 9.59. The fraction of sp³-hybridized carbons (Fsp3) is 0.250. The molecule has 2 rings (SSSR count). The summed E-state index contributed by atoms with van der Waals surface area (Å²) in [6, 6.07) is 0. The van der Waals surface area contributed by atoms with Crippen LogP contribution in [0.15, 0.2) is 22.1 Å². The van der Waals surface area contributed by atoms with E-state index in [2.05, 4.69) is 11.6 Å². The van der Waals surface area contributed by atoms with Crippen LogP contribution in [-0.2, 0) is 7.05 Å². The fourth-order valence-electron chi connectivity index (χ4n) is 1.38. The second-order valence-electron chi connectivity index (χ2n) is 2.86. The summed E-state index contributed by atoms with van der Waals surface area (Å²) in [6.07, 6.45) is 2.13. The van der Waals surface area contributed by atoms with E-state index in [1.807, 2.05) is 0 Å². The minimum atomic E-state index is -0.833. The van der Waals surface area contributed by atoms with Crippen LogP contribution in [0.2, 0.25) is 0 Å². The van der Waals surface area contributed by atoms with E-state index in [1.165, 1.54) is 21.6 Å². The highest BCUT2D eigenvalue weighted by molar-refractivity contribution is 5.05. The monoisotopic (exact) mass is 179 g/mol. The molecule has 1 unspecified atom stereocenters. The van der Waals surface area contributed by atoms with E-state index in [0.717, 1.165) is 0 Å². The average Bonchev–Trinajstić information content (AvgIpc) is 2.33. The quantitative estimate of drug-likeness (QED) is 0.512. The van der Waals surface area contributed by atoms with Crippen molar-refractivity contribution in [1.29, 1.82) is 0 Å². The standard InChI is InChI=1S/C8H9N3O2/c1-5-7-9-4-3-6(12)11(7)10(2)8(5)13/h3-4,6,12H,1H2,2H3. The van der Waals surface area contributed by atoms with E-state index >= 15 is 0 Å². The molecule has 0 fully saturated rings. The lowest BCUT2D eigenvalue weighted by Crippen LogP contribution is -2.35. The number of aromatic nitrogens is 2. The van der Waals surface area contributed by atoms with E-state index < -0.39 is 6.23 Å². The van der Waals surface area contributed by atoms with Gasteiger partial charge in [-0.15, -0.1) is 0 Å². The van der Waals surface area contributed by atoms with Crippen LogP contribution < -0.4 is 16.3 Å². The van der Waals surface area contributed by atoms with Gasteiger partial charge in [-0.05, 0) is 6.08 Å². The van der Waals surface area contributed by atoms with Crippen LogP contribution in [0.25, 0.3) is 6.58 Å². The summed E-state index contributed by atoms with van der Waals surface area (Å²) in [5, 5.41) is 9.82. The molecule has 0 aromatic carbocycles. The van der Waals surface area contributed by atoms with Gasteiger partial charge in [-0.25, -0.2) is 14.4 Å². The summed E-state index contributed by atoms with van der Waals surface area (Å²) in [4.78, 5) is 15.3. The third-order valence-corrected chi connectivity index (χ3v) is 2.07.